The van der Waals surface area contributed by atoms with Crippen molar-refractivity contribution in [3.05, 3.63) is 40.2 Å². The Bertz CT molecular complexity index is 700. The van der Waals surface area contributed by atoms with Crippen LogP contribution in [-0.4, -0.2) is 18.6 Å². The third kappa shape index (κ3) is 2.95. The first kappa shape index (κ1) is 14.0. The molecule has 0 bridgehead atoms. The zero-order valence-electron chi connectivity index (χ0n) is 9.94. The number of H-pyrrole nitrogens is 1. The van der Waals surface area contributed by atoms with Crippen LogP contribution in [0.15, 0.2) is 33.8 Å². The van der Waals surface area contributed by atoms with E-state index in [4.69, 9.17) is 0 Å². The summed E-state index contributed by atoms with van der Waals surface area (Å²) in [6.07, 6.45) is 2.17. The summed E-state index contributed by atoms with van der Waals surface area (Å²) in [5.41, 5.74) is 0.737. The summed E-state index contributed by atoms with van der Waals surface area (Å²) in [6.45, 7) is 1.88. The molecule has 0 radical (unpaired) electrons. The van der Waals surface area contributed by atoms with Gasteiger partial charge in [-0.2, -0.15) is 5.10 Å². The lowest BCUT2D eigenvalue weighted by Crippen LogP contribution is -2.14. The Morgan fingerprint density at radius 3 is 2.84 bits per heavy atom. The van der Waals surface area contributed by atoms with Gasteiger partial charge in [0, 0.05) is 5.56 Å². The number of hydrogen-bond acceptors (Lipinski definition) is 3. The molecule has 2 N–H and O–H groups in total. The molecule has 102 valence electrons. The molecule has 2 aromatic rings. The van der Waals surface area contributed by atoms with Gasteiger partial charge in [0.2, 0.25) is 0 Å². The summed E-state index contributed by atoms with van der Waals surface area (Å²) < 4.78 is 40.1. The van der Waals surface area contributed by atoms with Crippen LogP contribution in [0.3, 0.4) is 0 Å². The van der Waals surface area contributed by atoms with Crippen molar-refractivity contribution in [2.45, 2.75) is 18.2 Å². The average Bonchev–Trinajstić information content (AvgIpc) is 2.79. The third-order valence-electron chi connectivity index (χ3n) is 2.54. The number of aromatic nitrogens is 2. The number of hydrogen-bond donors (Lipinski definition) is 2. The van der Waals surface area contributed by atoms with Crippen LogP contribution in [0, 0.1) is 5.82 Å². The average molecular weight is 348 g/mol. The van der Waals surface area contributed by atoms with Crippen LogP contribution in [0.25, 0.3) is 0 Å². The van der Waals surface area contributed by atoms with E-state index in [0.29, 0.717) is 12.2 Å². The summed E-state index contributed by atoms with van der Waals surface area (Å²) >= 11 is 2.97. The van der Waals surface area contributed by atoms with Gasteiger partial charge in [-0.25, -0.2) is 12.8 Å². The van der Waals surface area contributed by atoms with Crippen molar-refractivity contribution in [2.75, 3.05) is 4.72 Å². The van der Waals surface area contributed by atoms with Gasteiger partial charge in [0.25, 0.3) is 10.0 Å². The fourth-order valence-electron chi connectivity index (χ4n) is 1.50. The number of nitrogens with zero attached hydrogens (tertiary/aromatic N) is 1. The largest absolute Gasteiger partial charge is 0.264 e. The summed E-state index contributed by atoms with van der Waals surface area (Å²) in [4.78, 5) is -0.148. The van der Waals surface area contributed by atoms with Crippen molar-refractivity contribution in [1.29, 1.82) is 0 Å². The number of sulfonamides is 1. The molecular weight excluding hydrogens is 337 g/mol. The predicted molar refractivity (Wildman–Crippen MR) is 72.9 cm³/mol. The second-order valence-corrected chi connectivity index (χ2v) is 6.34. The molecule has 0 atom stereocenters. The number of halogens is 2. The first-order chi connectivity index (χ1) is 8.94. The first-order valence-electron chi connectivity index (χ1n) is 5.44. The van der Waals surface area contributed by atoms with E-state index in [1.54, 1.807) is 6.20 Å². The Morgan fingerprint density at radius 2 is 2.21 bits per heavy atom. The Hall–Kier alpha value is -1.41. The molecule has 0 fully saturated rings. The van der Waals surface area contributed by atoms with Gasteiger partial charge in [-0.05, 0) is 40.5 Å². The molecule has 0 saturated heterocycles. The van der Waals surface area contributed by atoms with E-state index in [1.165, 1.54) is 12.1 Å². The van der Waals surface area contributed by atoms with Crippen LogP contribution in [0.5, 0.6) is 0 Å². The minimum atomic E-state index is -3.84. The molecule has 1 aromatic carbocycles. The van der Waals surface area contributed by atoms with Gasteiger partial charge < -0.3 is 0 Å². The number of anilines is 1. The van der Waals surface area contributed by atoms with Gasteiger partial charge in [0.1, 0.15) is 11.6 Å². The highest BCUT2D eigenvalue weighted by Gasteiger charge is 2.18. The lowest BCUT2D eigenvalue weighted by Gasteiger charge is -2.08. The van der Waals surface area contributed by atoms with Gasteiger partial charge in [-0.15, -0.1) is 0 Å². The highest BCUT2D eigenvalue weighted by atomic mass is 79.9. The highest BCUT2D eigenvalue weighted by molar-refractivity contribution is 9.10. The molecule has 0 unspecified atom stereocenters. The van der Waals surface area contributed by atoms with E-state index in [9.17, 15) is 12.8 Å². The number of rotatable bonds is 4. The lowest BCUT2D eigenvalue weighted by atomic mass is 10.3. The molecule has 1 heterocycles. The quantitative estimate of drug-likeness (QED) is 0.892. The molecule has 0 spiro atoms. The van der Waals surface area contributed by atoms with Crippen LogP contribution >= 0.6 is 15.9 Å². The Balaban J connectivity index is 2.35. The van der Waals surface area contributed by atoms with Crippen LogP contribution in [0.4, 0.5) is 10.2 Å². The van der Waals surface area contributed by atoms with E-state index >= 15 is 0 Å². The smallest absolute Gasteiger partial charge is 0.263 e. The Labute approximate surface area is 118 Å². The highest BCUT2D eigenvalue weighted by Crippen LogP contribution is 2.22. The van der Waals surface area contributed by atoms with E-state index in [-0.39, 0.29) is 9.37 Å². The molecule has 0 aliphatic heterocycles. The molecule has 1 aromatic heterocycles. The molecule has 2 rings (SSSR count). The number of aryl methyl sites for hydroxylation is 1. The van der Waals surface area contributed by atoms with Gasteiger partial charge in [-0.3, -0.25) is 9.82 Å². The Morgan fingerprint density at radius 1 is 1.47 bits per heavy atom. The fourth-order valence-corrected chi connectivity index (χ4v) is 2.82. The molecule has 8 heteroatoms. The molecule has 19 heavy (non-hydrogen) atoms. The van der Waals surface area contributed by atoms with Crippen molar-refractivity contribution in [1.82, 2.24) is 10.2 Å². The van der Waals surface area contributed by atoms with Crippen molar-refractivity contribution >= 4 is 31.8 Å². The number of nitrogens with one attached hydrogen (secondary N) is 2. The zero-order chi connectivity index (χ0) is 14.0. The van der Waals surface area contributed by atoms with E-state index in [1.807, 2.05) is 6.92 Å². The normalized spacial score (nSPS) is 11.5. The molecule has 0 aliphatic carbocycles. The standard InChI is InChI=1S/C11H11BrFN3O2S/c1-2-7-6-14-15-11(7)16-19(17,18)8-3-4-9(12)10(13)5-8/h3-6H,2H2,1H3,(H2,14,15,16). The second kappa shape index (κ2) is 5.30. The summed E-state index contributed by atoms with van der Waals surface area (Å²) in [6, 6.07) is 3.61. The van der Waals surface area contributed by atoms with Gasteiger partial charge in [0.15, 0.2) is 0 Å². The maximum Gasteiger partial charge on any atom is 0.263 e. The summed E-state index contributed by atoms with van der Waals surface area (Å²) in [5.74, 6) is -0.339. The third-order valence-corrected chi connectivity index (χ3v) is 4.53. The van der Waals surface area contributed by atoms with Gasteiger partial charge in [-0.1, -0.05) is 6.92 Å². The van der Waals surface area contributed by atoms with Crippen molar-refractivity contribution in [3.63, 3.8) is 0 Å². The minimum absolute atomic E-state index is 0.148. The maximum absolute atomic E-state index is 13.4. The van der Waals surface area contributed by atoms with Crippen molar-refractivity contribution < 1.29 is 12.8 Å². The van der Waals surface area contributed by atoms with Crippen molar-refractivity contribution in [2.24, 2.45) is 0 Å². The van der Waals surface area contributed by atoms with E-state index in [2.05, 4.69) is 30.8 Å². The zero-order valence-corrected chi connectivity index (χ0v) is 12.3. The van der Waals surface area contributed by atoms with Crippen LogP contribution in [0.1, 0.15) is 12.5 Å². The van der Waals surface area contributed by atoms with Crippen LogP contribution in [0.2, 0.25) is 0 Å². The molecule has 0 aliphatic rings. The number of benzene rings is 1. The minimum Gasteiger partial charge on any atom is -0.264 e. The van der Waals surface area contributed by atoms with Gasteiger partial charge >= 0.3 is 0 Å². The first-order valence-corrected chi connectivity index (χ1v) is 7.71. The Kier molecular flexibility index (Phi) is 3.91. The van der Waals surface area contributed by atoms with Crippen LogP contribution in [-0.2, 0) is 16.4 Å². The summed E-state index contributed by atoms with van der Waals surface area (Å²) in [5, 5.41) is 6.33. The molecule has 0 amide bonds. The molecule has 5 nitrogen and oxygen atoms in total. The van der Waals surface area contributed by atoms with Gasteiger partial charge in [0.05, 0.1) is 15.6 Å². The van der Waals surface area contributed by atoms with Crippen molar-refractivity contribution in [3.8, 4) is 0 Å². The monoisotopic (exact) mass is 347 g/mol. The number of aromatic amines is 1. The van der Waals surface area contributed by atoms with Crippen LogP contribution < -0.4 is 4.72 Å². The molecule has 0 saturated carbocycles. The molecular formula is C11H11BrFN3O2S. The fraction of sp³-hybridized carbons (Fsp3) is 0.182. The SMILES string of the molecule is CCc1cn[nH]c1NS(=O)(=O)c1ccc(Br)c(F)c1. The topological polar surface area (TPSA) is 74.8 Å². The lowest BCUT2D eigenvalue weighted by molar-refractivity contribution is 0.593. The summed E-state index contributed by atoms with van der Waals surface area (Å²) in [7, 11) is -3.84. The van der Waals surface area contributed by atoms with E-state index < -0.39 is 15.8 Å². The predicted octanol–water partition coefficient (Wildman–Crippen LogP) is 2.67. The second-order valence-electron chi connectivity index (χ2n) is 3.81. The maximum atomic E-state index is 13.4. The van der Waals surface area contributed by atoms with E-state index in [0.717, 1.165) is 11.6 Å².